The summed E-state index contributed by atoms with van der Waals surface area (Å²) in [6.45, 7) is 8.99. The maximum absolute atomic E-state index is 12.5. The number of hydrogen-bond acceptors (Lipinski definition) is 5. The van der Waals surface area contributed by atoms with Crippen molar-refractivity contribution in [2.24, 2.45) is 11.8 Å². The maximum atomic E-state index is 12.5. The first-order chi connectivity index (χ1) is 14.8. The highest BCUT2D eigenvalue weighted by atomic mass is 16.5. The Hall–Kier alpha value is -1.67. The average Bonchev–Trinajstić information content (AvgIpc) is 2.75. The standard InChI is InChI=1S/C23H46N4O4/c1-8-17(3)22(27(6)21(29)15-24-5)20(31-7)13-11-10-12-19(26-16-28)14-18(4)23(30)25-9-2/h16-20,22,24H,8-15H2,1-7H3,(H,25,30)(H,26,28). The number of nitrogens with one attached hydrogen (secondary N) is 3. The lowest BCUT2D eigenvalue weighted by Gasteiger charge is -2.38. The lowest BCUT2D eigenvalue weighted by molar-refractivity contribution is -0.136. The van der Waals surface area contributed by atoms with E-state index in [0.29, 0.717) is 31.8 Å². The molecule has 182 valence electrons. The summed E-state index contributed by atoms with van der Waals surface area (Å²) in [5.41, 5.74) is 0. The normalized spacial score (nSPS) is 16.0. The van der Waals surface area contributed by atoms with Gasteiger partial charge in [0.1, 0.15) is 0 Å². The van der Waals surface area contributed by atoms with E-state index in [9.17, 15) is 14.4 Å². The third-order valence-electron chi connectivity index (χ3n) is 6.11. The smallest absolute Gasteiger partial charge is 0.236 e. The molecule has 0 saturated heterocycles. The molecule has 0 aromatic heterocycles. The molecule has 0 aliphatic rings. The molecule has 5 unspecified atom stereocenters. The number of methoxy groups -OCH3 is 1. The Morgan fingerprint density at radius 1 is 1.13 bits per heavy atom. The summed E-state index contributed by atoms with van der Waals surface area (Å²) in [6, 6.07) is -0.0150. The molecule has 0 rings (SSSR count). The fourth-order valence-electron chi connectivity index (χ4n) is 4.09. The summed E-state index contributed by atoms with van der Waals surface area (Å²) in [6.07, 6.45) is 5.73. The van der Waals surface area contributed by atoms with Crippen molar-refractivity contribution in [2.45, 2.75) is 84.4 Å². The Morgan fingerprint density at radius 2 is 1.77 bits per heavy atom. The zero-order valence-corrected chi connectivity index (χ0v) is 20.7. The zero-order chi connectivity index (χ0) is 23.8. The molecule has 0 spiro atoms. The van der Waals surface area contributed by atoms with E-state index in [2.05, 4.69) is 29.8 Å². The van der Waals surface area contributed by atoms with E-state index in [1.54, 1.807) is 14.2 Å². The number of likely N-dealkylation sites (N-methyl/N-ethyl adjacent to an activating group) is 2. The molecule has 0 radical (unpaired) electrons. The van der Waals surface area contributed by atoms with E-state index >= 15 is 0 Å². The van der Waals surface area contributed by atoms with E-state index in [4.69, 9.17) is 4.74 Å². The lowest BCUT2D eigenvalue weighted by atomic mass is 9.89. The lowest BCUT2D eigenvalue weighted by Crippen LogP contribution is -2.51. The van der Waals surface area contributed by atoms with Crippen LogP contribution in [-0.2, 0) is 19.1 Å². The largest absolute Gasteiger partial charge is 0.379 e. The summed E-state index contributed by atoms with van der Waals surface area (Å²) in [4.78, 5) is 37.3. The van der Waals surface area contributed by atoms with Crippen molar-refractivity contribution >= 4 is 18.2 Å². The predicted molar refractivity (Wildman–Crippen MR) is 125 cm³/mol. The monoisotopic (exact) mass is 442 g/mol. The molecule has 8 nitrogen and oxygen atoms in total. The van der Waals surface area contributed by atoms with Gasteiger partial charge < -0.3 is 25.6 Å². The minimum atomic E-state index is -0.147. The molecule has 31 heavy (non-hydrogen) atoms. The Bertz CT molecular complexity index is 518. The Kier molecular flexibility index (Phi) is 16.0. The van der Waals surface area contributed by atoms with Crippen molar-refractivity contribution < 1.29 is 19.1 Å². The van der Waals surface area contributed by atoms with Crippen LogP contribution in [0.3, 0.4) is 0 Å². The topological polar surface area (TPSA) is 99.8 Å². The number of hydrogen-bond donors (Lipinski definition) is 3. The Morgan fingerprint density at radius 3 is 2.29 bits per heavy atom. The van der Waals surface area contributed by atoms with Crippen LogP contribution in [0, 0.1) is 11.8 Å². The van der Waals surface area contributed by atoms with Gasteiger partial charge in [-0.05, 0) is 39.2 Å². The van der Waals surface area contributed by atoms with Crippen LogP contribution in [0.2, 0.25) is 0 Å². The van der Waals surface area contributed by atoms with Gasteiger partial charge in [0.25, 0.3) is 0 Å². The fourth-order valence-corrected chi connectivity index (χ4v) is 4.09. The highest BCUT2D eigenvalue weighted by Crippen LogP contribution is 2.23. The van der Waals surface area contributed by atoms with Crippen molar-refractivity contribution in [1.29, 1.82) is 0 Å². The summed E-state index contributed by atoms with van der Waals surface area (Å²) < 4.78 is 5.82. The second kappa shape index (κ2) is 17.0. The maximum Gasteiger partial charge on any atom is 0.236 e. The van der Waals surface area contributed by atoms with Gasteiger partial charge in [0.2, 0.25) is 18.2 Å². The highest BCUT2D eigenvalue weighted by Gasteiger charge is 2.31. The van der Waals surface area contributed by atoms with Crippen molar-refractivity contribution in [1.82, 2.24) is 20.9 Å². The van der Waals surface area contributed by atoms with Gasteiger partial charge in [-0.1, -0.05) is 40.0 Å². The quantitative estimate of drug-likeness (QED) is 0.222. The molecule has 0 bridgehead atoms. The molecule has 0 heterocycles. The van der Waals surface area contributed by atoms with Crippen LogP contribution in [0.4, 0.5) is 0 Å². The molecule has 3 amide bonds. The second-order valence-electron chi connectivity index (χ2n) is 8.48. The van der Waals surface area contributed by atoms with Crippen molar-refractivity contribution in [2.75, 3.05) is 34.3 Å². The van der Waals surface area contributed by atoms with Crippen LogP contribution in [0.5, 0.6) is 0 Å². The molecular weight excluding hydrogens is 396 g/mol. The molecule has 0 aliphatic heterocycles. The number of ether oxygens (including phenoxy) is 1. The number of nitrogens with zero attached hydrogens (tertiary/aromatic N) is 1. The molecule has 5 atom stereocenters. The summed E-state index contributed by atoms with van der Waals surface area (Å²) in [5.74, 6) is 0.249. The first-order valence-electron chi connectivity index (χ1n) is 11.7. The van der Waals surface area contributed by atoms with E-state index in [1.807, 2.05) is 25.8 Å². The second-order valence-corrected chi connectivity index (χ2v) is 8.48. The molecule has 0 saturated carbocycles. The number of carbonyl (C=O) groups is 3. The molecule has 8 heteroatoms. The van der Waals surface area contributed by atoms with Crippen molar-refractivity contribution in [3.05, 3.63) is 0 Å². The van der Waals surface area contributed by atoms with E-state index < -0.39 is 0 Å². The SMILES string of the molecule is CCNC(=O)C(C)CC(CCCCC(OC)C(C(C)CC)N(C)C(=O)CNC)NC=O. The molecule has 0 aromatic rings. The van der Waals surface area contributed by atoms with E-state index in [-0.39, 0.29) is 35.9 Å². The van der Waals surface area contributed by atoms with E-state index in [1.165, 1.54) is 0 Å². The third-order valence-corrected chi connectivity index (χ3v) is 6.11. The Balaban J connectivity index is 4.86. The molecule has 3 N–H and O–H groups in total. The average molecular weight is 443 g/mol. The number of unbranched alkanes of at least 4 members (excludes halogenated alkanes) is 1. The molecule has 0 aromatic carbocycles. The summed E-state index contributed by atoms with van der Waals surface area (Å²) in [5, 5.41) is 8.62. The first kappa shape index (κ1) is 29.3. The highest BCUT2D eigenvalue weighted by molar-refractivity contribution is 5.78. The van der Waals surface area contributed by atoms with Gasteiger partial charge in [-0.3, -0.25) is 14.4 Å². The molecule has 0 fully saturated rings. The summed E-state index contributed by atoms with van der Waals surface area (Å²) in [7, 11) is 5.34. The van der Waals surface area contributed by atoms with Gasteiger partial charge >= 0.3 is 0 Å². The van der Waals surface area contributed by atoms with Gasteiger partial charge in [0, 0.05) is 32.7 Å². The fraction of sp³-hybridized carbons (Fsp3) is 0.870. The van der Waals surface area contributed by atoms with Crippen molar-refractivity contribution in [3.8, 4) is 0 Å². The predicted octanol–water partition coefficient (Wildman–Crippen LogP) is 1.93. The number of rotatable bonds is 18. The van der Waals surface area contributed by atoms with Gasteiger partial charge in [0.05, 0.1) is 18.7 Å². The number of amides is 3. The van der Waals surface area contributed by atoms with Crippen LogP contribution >= 0.6 is 0 Å². The first-order valence-corrected chi connectivity index (χ1v) is 11.7. The number of carbonyl (C=O) groups excluding carboxylic acids is 3. The van der Waals surface area contributed by atoms with Crippen LogP contribution in [0.25, 0.3) is 0 Å². The van der Waals surface area contributed by atoms with Crippen molar-refractivity contribution in [3.63, 3.8) is 0 Å². The van der Waals surface area contributed by atoms with Crippen LogP contribution in [-0.4, -0.2) is 75.6 Å². The minimum Gasteiger partial charge on any atom is -0.379 e. The summed E-state index contributed by atoms with van der Waals surface area (Å²) >= 11 is 0. The van der Waals surface area contributed by atoms with E-state index in [0.717, 1.165) is 32.1 Å². The van der Waals surface area contributed by atoms with Gasteiger partial charge in [-0.2, -0.15) is 0 Å². The van der Waals surface area contributed by atoms with Crippen LogP contribution in [0.1, 0.15) is 66.2 Å². The van der Waals surface area contributed by atoms with Gasteiger partial charge in [-0.25, -0.2) is 0 Å². The van der Waals surface area contributed by atoms with Gasteiger partial charge in [0.15, 0.2) is 0 Å². The zero-order valence-electron chi connectivity index (χ0n) is 20.7. The minimum absolute atomic E-state index is 0.0116. The Labute approximate surface area is 189 Å². The molecular formula is C23H46N4O4. The van der Waals surface area contributed by atoms with Crippen LogP contribution < -0.4 is 16.0 Å². The third kappa shape index (κ3) is 11.0. The molecule has 0 aliphatic carbocycles. The van der Waals surface area contributed by atoms with Crippen LogP contribution in [0.15, 0.2) is 0 Å². The van der Waals surface area contributed by atoms with Gasteiger partial charge in [-0.15, -0.1) is 0 Å².